The quantitative estimate of drug-likeness (QED) is 0.413. The molecule has 0 spiro atoms. The molecule has 18 heavy (non-hydrogen) atoms. The molecule has 0 saturated heterocycles. The van der Waals surface area contributed by atoms with Crippen LogP contribution in [0.1, 0.15) is 5.56 Å². The lowest BCUT2D eigenvalue weighted by atomic mass is 10.2. The van der Waals surface area contributed by atoms with Crippen LogP contribution < -0.4 is 21.8 Å². The summed E-state index contributed by atoms with van der Waals surface area (Å²) in [6, 6.07) is 7.79. The molecule has 5 N–H and O–H groups in total. The summed E-state index contributed by atoms with van der Waals surface area (Å²) in [5.41, 5.74) is 3.43. The molecule has 1 aromatic heterocycles. The van der Waals surface area contributed by atoms with Gasteiger partial charge in [0.25, 0.3) is 5.95 Å². The second-order valence-electron chi connectivity index (χ2n) is 3.42. The Morgan fingerprint density at radius 1 is 1.39 bits per heavy atom. The number of hydrogen-bond acceptors (Lipinski definition) is 7. The number of aromatic nitrogens is 3. The summed E-state index contributed by atoms with van der Waals surface area (Å²) in [4.78, 5) is 0. The van der Waals surface area contributed by atoms with Crippen molar-refractivity contribution in [3.05, 3.63) is 29.8 Å². The van der Waals surface area contributed by atoms with Crippen LogP contribution in [0.25, 0.3) is 0 Å². The number of hydrazine groups is 1. The third-order valence-corrected chi connectivity index (χ3v) is 3.33. The van der Waals surface area contributed by atoms with E-state index >= 15 is 0 Å². The largest absolute Gasteiger partial charge is 0.496 e. The van der Waals surface area contributed by atoms with E-state index in [4.69, 9.17) is 16.4 Å². The molecule has 0 atom stereocenters. The van der Waals surface area contributed by atoms with Gasteiger partial charge < -0.3 is 10.6 Å². The average molecular weight is 266 g/mol. The molecule has 0 amide bonds. The first-order chi connectivity index (χ1) is 8.76. The highest BCUT2D eigenvalue weighted by Crippen LogP contribution is 2.26. The zero-order valence-electron chi connectivity index (χ0n) is 9.83. The Morgan fingerprint density at radius 3 is 2.83 bits per heavy atom. The van der Waals surface area contributed by atoms with E-state index in [0.717, 1.165) is 11.3 Å². The first-order valence-corrected chi connectivity index (χ1v) is 6.16. The van der Waals surface area contributed by atoms with E-state index in [1.54, 1.807) is 7.11 Å². The number of anilines is 1. The average Bonchev–Trinajstić information content (AvgIpc) is 2.77. The van der Waals surface area contributed by atoms with Gasteiger partial charge in [-0.05, 0) is 6.07 Å². The number of nitrogens with two attached hydrogens (primary N) is 2. The summed E-state index contributed by atoms with van der Waals surface area (Å²) in [5.74, 6) is 12.8. The van der Waals surface area contributed by atoms with Gasteiger partial charge in [-0.3, -0.25) is 5.43 Å². The van der Waals surface area contributed by atoms with Gasteiger partial charge in [0.15, 0.2) is 0 Å². The fourth-order valence-corrected chi connectivity index (χ4v) is 2.29. The summed E-state index contributed by atoms with van der Waals surface area (Å²) in [7, 11) is 1.64. The van der Waals surface area contributed by atoms with Gasteiger partial charge in [-0.2, -0.15) is 0 Å². The minimum absolute atomic E-state index is 0.317. The maximum absolute atomic E-state index is 5.75. The normalized spacial score (nSPS) is 10.3. The van der Waals surface area contributed by atoms with Gasteiger partial charge >= 0.3 is 0 Å². The number of thioether (sulfide) groups is 1. The van der Waals surface area contributed by atoms with Crippen molar-refractivity contribution >= 4 is 17.7 Å². The molecule has 0 unspecified atom stereocenters. The summed E-state index contributed by atoms with van der Waals surface area (Å²) in [5, 5.41) is 8.29. The molecule has 0 aliphatic carbocycles. The van der Waals surface area contributed by atoms with Crippen LogP contribution in [-0.2, 0) is 5.75 Å². The van der Waals surface area contributed by atoms with Crippen molar-refractivity contribution in [1.82, 2.24) is 14.9 Å². The molecule has 0 radical (unpaired) electrons. The zero-order chi connectivity index (χ0) is 13.0. The molecule has 1 heterocycles. The topological polar surface area (TPSA) is 104 Å². The molecule has 0 bridgehead atoms. The number of nitrogens with zero attached hydrogens (tertiary/aromatic N) is 3. The summed E-state index contributed by atoms with van der Waals surface area (Å²) >= 11 is 1.45. The predicted octanol–water partition coefficient (Wildman–Crippen LogP) is 0.578. The van der Waals surface area contributed by atoms with Crippen molar-refractivity contribution in [3.63, 3.8) is 0 Å². The van der Waals surface area contributed by atoms with E-state index < -0.39 is 0 Å². The number of benzene rings is 1. The van der Waals surface area contributed by atoms with Gasteiger partial charge in [-0.25, -0.2) is 10.5 Å². The van der Waals surface area contributed by atoms with Crippen LogP contribution in [0.5, 0.6) is 5.75 Å². The van der Waals surface area contributed by atoms with Crippen molar-refractivity contribution < 1.29 is 4.74 Å². The number of rotatable bonds is 5. The first kappa shape index (κ1) is 12.5. The standard InChI is InChI=1S/C10H14N6OS/c1-17-8-5-3-2-4-7(8)6-18-10-15-14-9(13-11)16(10)12/h2-5H,6,11-12H2,1H3,(H,13,14). The highest BCUT2D eigenvalue weighted by atomic mass is 32.2. The van der Waals surface area contributed by atoms with Crippen molar-refractivity contribution in [2.45, 2.75) is 10.9 Å². The Labute approximate surface area is 108 Å². The lowest BCUT2D eigenvalue weighted by Gasteiger charge is -2.07. The predicted molar refractivity (Wildman–Crippen MR) is 70.5 cm³/mol. The maximum Gasteiger partial charge on any atom is 0.258 e. The van der Waals surface area contributed by atoms with Crippen LogP contribution in [0.4, 0.5) is 5.95 Å². The molecule has 0 fully saturated rings. The number of nitrogens with one attached hydrogen (secondary N) is 1. The van der Waals surface area contributed by atoms with Crippen LogP contribution in [-0.4, -0.2) is 22.0 Å². The van der Waals surface area contributed by atoms with Crippen LogP contribution in [0.3, 0.4) is 0 Å². The molecule has 8 heteroatoms. The van der Waals surface area contributed by atoms with E-state index in [9.17, 15) is 0 Å². The Hall–Kier alpha value is -1.93. The smallest absolute Gasteiger partial charge is 0.258 e. The van der Waals surface area contributed by atoms with E-state index in [-0.39, 0.29) is 0 Å². The molecule has 2 aromatic rings. The third-order valence-electron chi connectivity index (χ3n) is 2.34. The van der Waals surface area contributed by atoms with Gasteiger partial charge in [-0.15, -0.1) is 10.2 Å². The number of nitrogen functional groups attached to an aromatic ring is 2. The summed E-state index contributed by atoms with van der Waals surface area (Å²) in [6.45, 7) is 0. The number of ether oxygens (including phenoxy) is 1. The Kier molecular flexibility index (Phi) is 3.90. The van der Waals surface area contributed by atoms with Crippen molar-refractivity contribution in [1.29, 1.82) is 0 Å². The first-order valence-electron chi connectivity index (χ1n) is 5.18. The Bertz CT molecular complexity index is 529. The van der Waals surface area contributed by atoms with Crippen molar-refractivity contribution in [2.75, 3.05) is 18.4 Å². The fourth-order valence-electron chi connectivity index (χ4n) is 1.44. The molecule has 0 saturated carbocycles. The van der Waals surface area contributed by atoms with Gasteiger partial charge in [0, 0.05) is 11.3 Å². The SMILES string of the molecule is COc1ccccc1CSc1nnc(NN)n1N. The van der Waals surface area contributed by atoms with Crippen LogP contribution in [0.15, 0.2) is 29.4 Å². The lowest BCUT2D eigenvalue weighted by Crippen LogP contribution is -2.18. The van der Waals surface area contributed by atoms with Gasteiger partial charge in [0.1, 0.15) is 5.75 Å². The van der Waals surface area contributed by atoms with Gasteiger partial charge in [0.2, 0.25) is 5.16 Å². The van der Waals surface area contributed by atoms with Crippen LogP contribution in [0, 0.1) is 0 Å². The van der Waals surface area contributed by atoms with E-state index in [1.807, 2.05) is 24.3 Å². The van der Waals surface area contributed by atoms with E-state index in [1.165, 1.54) is 16.4 Å². The van der Waals surface area contributed by atoms with Gasteiger partial charge in [0.05, 0.1) is 7.11 Å². The summed E-state index contributed by atoms with van der Waals surface area (Å²) < 4.78 is 6.58. The molecule has 1 aromatic carbocycles. The Balaban J connectivity index is 2.09. The highest BCUT2D eigenvalue weighted by Gasteiger charge is 2.10. The highest BCUT2D eigenvalue weighted by molar-refractivity contribution is 7.98. The monoisotopic (exact) mass is 266 g/mol. The lowest BCUT2D eigenvalue weighted by molar-refractivity contribution is 0.411. The minimum Gasteiger partial charge on any atom is -0.496 e. The van der Waals surface area contributed by atoms with Crippen LogP contribution >= 0.6 is 11.8 Å². The van der Waals surface area contributed by atoms with E-state index in [2.05, 4.69) is 15.6 Å². The molecule has 2 rings (SSSR count). The molecule has 0 aliphatic heterocycles. The number of methoxy groups -OCH3 is 1. The molecule has 96 valence electrons. The van der Waals surface area contributed by atoms with Gasteiger partial charge in [-0.1, -0.05) is 30.0 Å². The molecular formula is C10H14N6OS. The van der Waals surface area contributed by atoms with Crippen LogP contribution in [0.2, 0.25) is 0 Å². The molecule has 7 nitrogen and oxygen atoms in total. The second kappa shape index (κ2) is 5.61. The summed E-state index contributed by atoms with van der Waals surface area (Å²) in [6.07, 6.45) is 0. The maximum atomic E-state index is 5.75. The Morgan fingerprint density at radius 2 is 2.17 bits per heavy atom. The number of para-hydroxylation sites is 1. The zero-order valence-corrected chi connectivity index (χ0v) is 10.6. The minimum atomic E-state index is 0.317. The van der Waals surface area contributed by atoms with Crippen molar-refractivity contribution in [2.24, 2.45) is 5.84 Å². The molecular weight excluding hydrogens is 252 g/mol. The second-order valence-corrected chi connectivity index (χ2v) is 4.36. The molecule has 0 aliphatic rings. The van der Waals surface area contributed by atoms with Crippen molar-refractivity contribution in [3.8, 4) is 5.75 Å². The van der Waals surface area contributed by atoms with E-state index in [0.29, 0.717) is 16.9 Å². The fraction of sp³-hybridized carbons (Fsp3) is 0.200. The third kappa shape index (κ3) is 2.49. The number of hydrogen-bond donors (Lipinski definition) is 3.